The molecule has 158 valence electrons. The minimum atomic E-state index is 0. The normalized spacial score (nSPS) is 11.5. The van der Waals surface area contributed by atoms with Gasteiger partial charge in [-0.05, 0) is 31.4 Å². The summed E-state index contributed by atoms with van der Waals surface area (Å²) in [5.41, 5.74) is 3.79. The number of guanidine groups is 1. The highest BCUT2D eigenvalue weighted by Gasteiger charge is 2.07. The van der Waals surface area contributed by atoms with Crippen LogP contribution in [-0.2, 0) is 15.9 Å². The van der Waals surface area contributed by atoms with Gasteiger partial charge in [-0.15, -0.1) is 24.0 Å². The fraction of sp³-hybridized carbons (Fsp3) is 0.571. The number of aromatic amines is 1. The molecule has 1 heterocycles. The maximum absolute atomic E-state index is 5.56. The molecule has 0 spiro atoms. The van der Waals surface area contributed by atoms with Crippen molar-refractivity contribution in [3.63, 3.8) is 0 Å². The number of nitrogens with zero attached hydrogens (tertiary/aromatic N) is 1. The minimum Gasteiger partial charge on any atom is -0.379 e. The van der Waals surface area contributed by atoms with Crippen LogP contribution in [0.25, 0.3) is 10.9 Å². The van der Waals surface area contributed by atoms with Crippen molar-refractivity contribution in [3.05, 3.63) is 35.5 Å². The predicted molar refractivity (Wildman–Crippen MR) is 128 cm³/mol. The summed E-state index contributed by atoms with van der Waals surface area (Å²) in [5.74, 6) is 0.801. The zero-order chi connectivity index (χ0) is 19.3. The van der Waals surface area contributed by atoms with Crippen molar-refractivity contribution >= 4 is 40.8 Å². The smallest absolute Gasteiger partial charge is 0.191 e. The highest BCUT2D eigenvalue weighted by Crippen LogP contribution is 2.21. The first kappa shape index (κ1) is 24.7. The number of fused-ring (bicyclic) bond motifs is 1. The summed E-state index contributed by atoms with van der Waals surface area (Å²) in [6, 6.07) is 8.44. The van der Waals surface area contributed by atoms with Crippen LogP contribution in [0.3, 0.4) is 0 Å². The second kappa shape index (κ2) is 14.6. The number of aliphatic imine (C=N–C) groups is 1. The third-order valence-corrected chi connectivity index (χ3v) is 4.47. The van der Waals surface area contributed by atoms with Crippen LogP contribution in [0.4, 0.5) is 0 Å². The molecule has 2 rings (SSSR count). The fourth-order valence-corrected chi connectivity index (χ4v) is 2.99. The molecule has 2 aromatic rings. The first-order valence-corrected chi connectivity index (χ1v) is 9.92. The van der Waals surface area contributed by atoms with Gasteiger partial charge in [-0.25, -0.2) is 0 Å². The molecule has 0 saturated carbocycles. The molecule has 0 radical (unpaired) electrons. The third-order valence-electron chi connectivity index (χ3n) is 4.47. The maximum Gasteiger partial charge on any atom is 0.191 e. The van der Waals surface area contributed by atoms with E-state index in [4.69, 9.17) is 9.47 Å². The number of para-hydroxylation sites is 1. The molecule has 3 N–H and O–H groups in total. The average molecular weight is 502 g/mol. The Morgan fingerprint density at radius 1 is 1.04 bits per heavy atom. The van der Waals surface area contributed by atoms with E-state index in [0.717, 1.165) is 44.9 Å². The first-order chi connectivity index (χ1) is 13.3. The zero-order valence-electron chi connectivity index (χ0n) is 17.3. The van der Waals surface area contributed by atoms with E-state index in [0.29, 0.717) is 19.8 Å². The van der Waals surface area contributed by atoms with Crippen molar-refractivity contribution < 1.29 is 9.47 Å². The van der Waals surface area contributed by atoms with Gasteiger partial charge in [0.25, 0.3) is 0 Å². The van der Waals surface area contributed by atoms with Gasteiger partial charge in [-0.1, -0.05) is 31.5 Å². The molecule has 0 aliphatic carbocycles. The molecule has 0 bridgehead atoms. The van der Waals surface area contributed by atoms with Gasteiger partial charge >= 0.3 is 0 Å². The number of ether oxygens (including phenoxy) is 2. The molecule has 28 heavy (non-hydrogen) atoms. The standard InChI is InChI=1S/C21H34N4O2.HI/c1-4-5-13-26-15-16-27-14-12-24-21(22-3)23-11-10-18-17(2)25-20-9-7-6-8-19(18)20;/h6-9,25H,4-5,10-16H2,1-3H3,(H2,22,23,24);1H. The largest absolute Gasteiger partial charge is 0.379 e. The van der Waals surface area contributed by atoms with Gasteiger partial charge in [0.1, 0.15) is 0 Å². The number of H-pyrrole nitrogens is 1. The topological polar surface area (TPSA) is 70.7 Å². The second-order valence-corrected chi connectivity index (χ2v) is 6.53. The summed E-state index contributed by atoms with van der Waals surface area (Å²) in [6.07, 6.45) is 3.22. The van der Waals surface area contributed by atoms with Crippen LogP contribution in [0, 0.1) is 6.92 Å². The molecule has 7 heteroatoms. The van der Waals surface area contributed by atoms with E-state index in [2.05, 4.69) is 58.7 Å². The van der Waals surface area contributed by atoms with E-state index in [-0.39, 0.29) is 24.0 Å². The molecular formula is C21H35IN4O2. The lowest BCUT2D eigenvalue weighted by atomic mass is 10.1. The molecular weight excluding hydrogens is 467 g/mol. The summed E-state index contributed by atoms with van der Waals surface area (Å²) < 4.78 is 11.0. The Balaban J connectivity index is 0.00000392. The minimum absolute atomic E-state index is 0. The molecule has 1 aromatic carbocycles. The number of rotatable bonds is 12. The summed E-state index contributed by atoms with van der Waals surface area (Å²) in [7, 11) is 1.79. The number of aryl methyl sites for hydroxylation is 1. The predicted octanol–water partition coefficient (Wildman–Crippen LogP) is 3.64. The molecule has 6 nitrogen and oxygen atoms in total. The van der Waals surface area contributed by atoms with Gasteiger partial charge in [0.2, 0.25) is 0 Å². The molecule has 0 fully saturated rings. The first-order valence-electron chi connectivity index (χ1n) is 9.92. The molecule has 0 aliphatic heterocycles. The van der Waals surface area contributed by atoms with Crippen LogP contribution >= 0.6 is 24.0 Å². The average Bonchev–Trinajstić information content (AvgIpc) is 3.00. The van der Waals surface area contributed by atoms with Crippen molar-refractivity contribution in [2.45, 2.75) is 33.1 Å². The van der Waals surface area contributed by atoms with E-state index in [1.54, 1.807) is 7.05 Å². The van der Waals surface area contributed by atoms with Crippen molar-refractivity contribution in [2.75, 3.05) is 46.6 Å². The van der Waals surface area contributed by atoms with Crippen molar-refractivity contribution in [2.24, 2.45) is 4.99 Å². The Labute approximate surface area is 185 Å². The van der Waals surface area contributed by atoms with Gasteiger partial charge in [-0.2, -0.15) is 0 Å². The van der Waals surface area contributed by atoms with Gasteiger partial charge < -0.3 is 25.1 Å². The molecule has 1 aromatic heterocycles. The van der Waals surface area contributed by atoms with Crippen LogP contribution in [0.2, 0.25) is 0 Å². The van der Waals surface area contributed by atoms with Crippen LogP contribution in [0.1, 0.15) is 31.0 Å². The summed E-state index contributed by atoms with van der Waals surface area (Å²) in [6.45, 7) is 8.60. The number of hydrogen-bond acceptors (Lipinski definition) is 3. The number of hydrogen-bond donors (Lipinski definition) is 3. The fourth-order valence-electron chi connectivity index (χ4n) is 2.99. The van der Waals surface area contributed by atoms with E-state index in [1.165, 1.54) is 22.2 Å². The second-order valence-electron chi connectivity index (χ2n) is 6.53. The maximum atomic E-state index is 5.56. The van der Waals surface area contributed by atoms with E-state index in [9.17, 15) is 0 Å². The van der Waals surface area contributed by atoms with E-state index in [1.807, 2.05) is 0 Å². The van der Waals surface area contributed by atoms with Crippen molar-refractivity contribution in [1.82, 2.24) is 15.6 Å². The SMILES string of the molecule is CCCCOCCOCCNC(=NC)NCCc1c(C)[nH]c2ccccc12.I. The van der Waals surface area contributed by atoms with Gasteiger partial charge in [0.05, 0.1) is 19.8 Å². The highest BCUT2D eigenvalue weighted by atomic mass is 127. The van der Waals surface area contributed by atoms with E-state index < -0.39 is 0 Å². The Morgan fingerprint density at radius 2 is 1.75 bits per heavy atom. The van der Waals surface area contributed by atoms with Crippen molar-refractivity contribution in [3.8, 4) is 0 Å². The van der Waals surface area contributed by atoms with Crippen LogP contribution in [0.15, 0.2) is 29.3 Å². The Bertz CT molecular complexity index is 703. The number of aromatic nitrogens is 1. The molecule has 0 amide bonds. The Morgan fingerprint density at radius 3 is 2.50 bits per heavy atom. The Hall–Kier alpha value is -1.32. The zero-order valence-corrected chi connectivity index (χ0v) is 19.7. The Kier molecular flexibility index (Phi) is 12.9. The summed E-state index contributed by atoms with van der Waals surface area (Å²) >= 11 is 0. The number of benzene rings is 1. The van der Waals surface area contributed by atoms with Crippen LogP contribution in [0.5, 0.6) is 0 Å². The third kappa shape index (κ3) is 8.36. The van der Waals surface area contributed by atoms with Gasteiger partial charge in [0.15, 0.2) is 5.96 Å². The quantitative estimate of drug-likeness (QED) is 0.180. The summed E-state index contributed by atoms with van der Waals surface area (Å²) in [4.78, 5) is 7.71. The lowest BCUT2D eigenvalue weighted by Crippen LogP contribution is -2.39. The van der Waals surface area contributed by atoms with E-state index >= 15 is 0 Å². The molecule has 0 saturated heterocycles. The van der Waals surface area contributed by atoms with Crippen molar-refractivity contribution in [1.29, 1.82) is 0 Å². The number of nitrogens with one attached hydrogen (secondary N) is 3. The molecule has 0 atom stereocenters. The lowest BCUT2D eigenvalue weighted by Gasteiger charge is -2.12. The summed E-state index contributed by atoms with van der Waals surface area (Å²) in [5, 5.41) is 7.95. The number of halogens is 1. The monoisotopic (exact) mass is 502 g/mol. The van der Waals surface area contributed by atoms with Gasteiger partial charge in [-0.3, -0.25) is 4.99 Å². The van der Waals surface area contributed by atoms with Gasteiger partial charge in [0, 0.05) is 43.3 Å². The number of unbranched alkanes of at least 4 members (excludes halogenated alkanes) is 1. The van der Waals surface area contributed by atoms with Crippen LogP contribution in [-0.4, -0.2) is 57.5 Å². The molecule has 0 aliphatic rings. The highest BCUT2D eigenvalue weighted by molar-refractivity contribution is 14.0. The van der Waals surface area contributed by atoms with Crippen LogP contribution < -0.4 is 10.6 Å². The molecule has 0 unspecified atom stereocenters. The lowest BCUT2D eigenvalue weighted by molar-refractivity contribution is 0.0487.